The van der Waals surface area contributed by atoms with Gasteiger partial charge in [-0.2, -0.15) is 0 Å². The van der Waals surface area contributed by atoms with E-state index in [1.54, 1.807) is 0 Å². The van der Waals surface area contributed by atoms with Crippen LogP contribution < -0.4 is 0 Å². The molecule has 0 radical (unpaired) electrons. The van der Waals surface area contributed by atoms with Crippen molar-refractivity contribution >= 4 is 14.0 Å². The van der Waals surface area contributed by atoms with Gasteiger partial charge in [-0.15, -0.1) is 0 Å². The second kappa shape index (κ2) is 10.3. The summed E-state index contributed by atoms with van der Waals surface area (Å²) in [6, 6.07) is 1.53. The van der Waals surface area contributed by atoms with Crippen molar-refractivity contribution in [1.29, 1.82) is 0 Å². The number of hydrogen-bond acceptors (Lipinski definition) is 5. The van der Waals surface area contributed by atoms with Crippen LogP contribution >= 0.6 is 0 Å². The molecule has 2 rings (SSSR count). The molecule has 0 N–H and O–H groups in total. The zero-order chi connectivity index (χ0) is 21.8. The quantitative estimate of drug-likeness (QED) is 0.373. The summed E-state index contributed by atoms with van der Waals surface area (Å²) in [6.45, 7) is 17.6. The lowest BCUT2D eigenvalue weighted by Gasteiger charge is -2.49. The fraction of sp³-hybridized carbons (Fsp3) is 0.957. The molecule has 2 saturated heterocycles. The number of ether oxygens (including phenoxy) is 3. The maximum Gasteiger partial charge on any atom is 0.307 e. The van der Waals surface area contributed by atoms with Gasteiger partial charge in [-0.1, -0.05) is 47.3 Å². The summed E-state index contributed by atoms with van der Waals surface area (Å²) in [7, 11) is 0.660. The molecule has 2 heterocycles. The molecule has 6 heteroatoms. The lowest BCUT2D eigenvalue weighted by atomic mass is 9.84. The van der Waals surface area contributed by atoms with Crippen molar-refractivity contribution in [3.8, 4) is 0 Å². The van der Waals surface area contributed by atoms with Crippen LogP contribution in [0.4, 0.5) is 0 Å². The molecule has 2 fully saturated rings. The Labute approximate surface area is 179 Å². The molecule has 2 aliphatic rings. The van der Waals surface area contributed by atoms with E-state index in [4.69, 9.17) is 14.2 Å². The molecule has 0 amide bonds. The molecule has 0 saturated carbocycles. The number of likely N-dealkylation sites (tertiary alicyclic amines) is 1. The van der Waals surface area contributed by atoms with E-state index in [9.17, 15) is 4.79 Å². The number of rotatable bonds is 10. The summed E-state index contributed by atoms with van der Waals surface area (Å²) in [5.41, 5.74) is -0.159. The average molecular weight is 428 g/mol. The molecule has 2 aliphatic heterocycles. The van der Waals surface area contributed by atoms with E-state index >= 15 is 0 Å². The number of esters is 1. The van der Waals surface area contributed by atoms with Crippen LogP contribution in [0.25, 0.3) is 0 Å². The Morgan fingerprint density at radius 2 is 1.90 bits per heavy atom. The third kappa shape index (κ3) is 5.84. The molecule has 0 spiro atoms. The highest BCUT2D eigenvalue weighted by Gasteiger charge is 2.50. The first-order chi connectivity index (χ1) is 13.6. The topological polar surface area (TPSA) is 48.0 Å². The summed E-state index contributed by atoms with van der Waals surface area (Å²) >= 11 is 0. The molecule has 0 aromatic carbocycles. The lowest BCUT2D eigenvalue weighted by Crippen LogP contribution is -2.62. The molecule has 0 aromatic heterocycles. The van der Waals surface area contributed by atoms with E-state index < -0.39 is 8.07 Å². The fourth-order valence-electron chi connectivity index (χ4n) is 5.20. The van der Waals surface area contributed by atoms with Gasteiger partial charge in [0.1, 0.15) is 12.2 Å². The summed E-state index contributed by atoms with van der Waals surface area (Å²) in [5.74, 6) is 0.157. The van der Waals surface area contributed by atoms with Crippen LogP contribution in [-0.2, 0) is 19.0 Å². The smallest absolute Gasteiger partial charge is 0.307 e. The second-order valence-electron chi connectivity index (χ2n) is 10.5. The fourth-order valence-corrected chi connectivity index (χ4v) is 5.93. The second-order valence-corrected chi connectivity index (χ2v) is 16.1. The van der Waals surface area contributed by atoms with E-state index in [1.807, 2.05) is 7.11 Å². The third-order valence-corrected chi connectivity index (χ3v) is 8.80. The first-order valence-electron chi connectivity index (χ1n) is 11.7. The minimum absolute atomic E-state index is 0.0621. The Balaban J connectivity index is 2.29. The molecule has 0 aliphatic carbocycles. The van der Waals surface area contributed by atoms with E-state index in [0.29, 0.717) is 12.5 Å². The zero-order valence-electron chi connectivity index (χ0n) is 20.1. The highest BCUT2D eigenvalue weighted by atomic mass is 28.3. The minimum atomic E-state index is -1.19. The Hall–Kier alpha value is -0.433. The van der Waals surface area contributed by atoms with Crippen molar-refractivity contribution in [2.75, 3.05) is 20.3 Å². The van der Waals surface area contributed by atoms with E-state index in [-0.39, 0.29) is 35.7 Å². The largest absolute Gasteiger partial charge is 0.459 e. The van der Waals surface area contributed by atoms with Crippen LogP contribution in [0.3, 0.4) is 0 Å². The van der Waals surface area contributed by atoms with Crippen molar-refractivity contribution in [2.24, 2.45) is 5.92 Å². The Morgan fingerprint density at radius 3 is 2.41 bits per heavy atom. The molecular weight excluding hydrogens is 382 g/mol. The molecular formula is C23H45NO4Si. The normalized spacial score (nSPS) is 29.5. The Kier molecular flexibility index (Phi) is 8.78. The maximum atomic E-state index is 12.6. The van der Waals surface area contributed by atoms with Crippen LogP contribution in [0.1, 0.15) is 59.8 Å². The molecule has 1 unspecified atom stereocenters. The van der Waals surface area contributed by atoms with Gasteiger partial charge in [-0.05, 0) is 44.2 Å². The SMILES string of the molecule is CCC(CC)(OC)[C@@H]1CCCN1C1CC(=O)O[C@H](C(C)C)[C@@H]1OCC[Si](C)(C)C. The molecule has 170 valence electrons. The van der Waals surface area contributed by atoms with Crippen molar-refractivity contribution < 1.29 is 19.0 Å². The van der Waals surface area contributed by atoms with Crippen molar-refractivity contribution in [3.05, 3.63) is 0 Å². The molecule has 29 heavy (non-hydrogen) atoms. The molecule has 5 nitrogen and oxygen atoms in total. The van der Waals surface area contributed by atoms with Crippen molar-refractivity contribution in [3.63, 3.8) is 0 Å². The first kappa shape index (κ1) is 24.8. The van der Waals surface area contributed by atoms with Crippen LogP contribution in [0.2, 0.25) is 25.7 Å². The van der Waals surface area contributed by atoms with Crippen LogP contribution in [0, 0.1) is 5.92 Å². The highest BCUT2D eigenvalue weighted by molar-refractivity contribution is 6.76. The van der Waals surface area contributed by atoms with Crippen LogP contribution in [0.5, 0.6) is 0 Å². The third-order valence-electron chi connectivity index (χ3n) is 7.10. The summed E-state index contributed by atoms with van der Waals surface area (Å²) < 4.78 is 18.5. The molecule has 0 aromatic rings. The van der Waals surface area contributed by atoms with E-state index in [2.05, 4.69) is 52.2 Å². The predicted molar refractivity (Wildman–Crippen MR) is 121 cm³/mol. The number of nitrogens with zero attached hydrogens (tertiary/aromatic N) is 1. The van der Waals surface area contributed by atoms with Gasteiger partial charge >= 0.3 is 5.97 Å². The van der Waals surface area contributed by atoms with Gasteiger partial charge in [0.2, 0.25) is 0 Å². The maximum absolute atomic E-state index is 12.6. The molecule has 4 atom stereocenters. The number of carbonyl (C=O) groups excluding carboxylic acids is 1. The van der Waals surface area contributed by atoms with Crippen LogP contribution in [-0.4, -0.2) is 69.1 Å². The predicted octanol–water partition coefficient (Wildman–Crippen LogP) is 4.72. The van der Waals surface area contributed by atoms with Gasteiger partial charge in [0.05, 0.1) is 18.1 Å². The minimum Gasteiger partial charge on any atom is -0.459 e. The molecule has 0 bridgehead atoms. The number of hydrogen-bond donors (Lipinski definition) is 0. The van der Waals surface area contributed by atoms with Gasteiger partial charge in [0.15, 0.2) is 0 Å². The Bertz CT molecular complexity index is 521. The lowest BCUT2D eigenvalue weighted by molar-refractivity contribution is -0.190. The van der Waals surface area contributed by atoms with Gasteiger partial charge < -0.3 is 14.2 Å². The Morgan fingerprint density at radius 1 is 1.24 bits per heavy atom. The number of cyclic esters (lactones) is 1. The number of methoxy groups -OCH3 is 1. The van der Waals surface area contributed by atoms with Gasteiger partial charge in [0.25, 0.3) is 0 Å². The summed E-state index contributed by atoms with van der Waals surface area (Å²) in [5, 5.41) is 0. The standard InChI is InChI=1S/C23H45NO4Si/c1-9-23(10-2,26-5)19-12-11-13-24(19)18-16-20(25)28-21(17(3)4)22(18)27-14-15-29(6,7)8/h17-19,21-22H,9-16H2,1-8H3/t18?,19-,21+,22+/m0/s1. The first-order valence-corrected chi connectivity index (χ1v) is 15.4. The van der Waals surface area contributed by atoms with E-state index in [1.165, 1.54) is 0 Å². The van der Waals surface area contributed by atoms with E-state index in [0.717, 1.165) is 44.9 Å². The van der Waals surface area contributed by atoms with Gasteiger partial charge in [0, 0.05) is 27.8 Å². The van der Waals surface area contributed by atoms with Gasteiger partial charge in [-0.25, -0.2) is 0 Å². The summed E-state index contributed by atoms with van der Waals surface area (Å²) in [6.07, 6.45) is 4.41. The zero-order valence-corrected chi connectivity index (χ0v) is 21.1. The highest BCUT2D eigenvalue weighted by Crippen LogP contribution is 2.39. The summed E-state index contributed by atoms with van der Waals surface area (Å²) in [4.78, 5) is 15.1. The average Bonchev–Trinajstić information content (AvgIpc) is 3.13. The van der Waals surface area contributed by atoms with Crippen molar-refractivity contribution in [1.82, 2.24) is 4.90 Å². The van der Waals surface area contributed by atoms with Gasteiger partial charge in [-0.3, -0.25) is 9.69 Å². The van der Waals surface area contributed by atoms with Crippen LogP contribution in [0.15, 0.2) is 0 Å². The van der Waals surface area contributed by atoms with Crippen molar-refractivity contribution in [2.45, 2.75) is 115 Å². The number of carbonyl (C=O) groups is 1. The monoisotopic (exact) mass is 427 g/mol.